The molecule has 4 aromatic rings. The first kappa shape index (κ1) is 29.5. The number of amides is 1. The van der Waals surface area contributed by atoms with E-state index in [1.807, 2.05) is 49.4 Å². The molecule has 4 aromatic carbocycles. The molecule has 1 aliphatic heterocycles. The van der Waals surface area contributed by atoms with E-state index >= 15 is 0 Å². The van der Waals surface area contributed by atoms with Gasteiger partial charge in [-0.3, -0.25) is 9.69 Å². The van der Waals surface area contributed by atoms with E-state index in [2.05, 4.69) is 15.9 Å². The molecule has 0 bridgehead atoms. The lowest BCUT2D eigenvalue weighted by Crippen LogP contribution is -2.28. The van der Waals surface area contributed by atoms with Gasteiger partial charge < -0.3 is 9.47 Å². The molecule has 0 N–H and O–H groups in total. The van der Waals surface area contributed by atoms with E-state index in [1.54, 1.807) is 53.4 Å². The molecule has 1 saturated heterocycles. The number of anilines is 1. The second kappa shape index (κ2) is 13.4. The van der Waals surface area contributed by atoms with Crippen molar-refractivity contribution in [2.24, 2.45) is 4.99 Å². The van der Waals surface area contributed by atoms with Crippen LogP contribution in [0, 0.1) is 0 Å². The standard InChI is InChI=1S/C31H22BrCl3N2O3S/c1-2-39-27-16-19(15-25(32)29(27)40-18-20-5-3-4-6-26(20)35)17-28-30(38)37(24-13-9-22(34)10-14-24)31(41-28)36-23-11-7-21(33)8-12-23/h3-17H,2,18H2,1H3/b28-17-,36-31?. The van der Waals surface area contributed by atoms with E-state index in [4.69, 9.17) is 49.3 Å². The van der Waals surface area contributed by atoms with Crippen LogP contribution in [-0.2, 0) is 11.4 Å². The van der Waals surface area contributed by atoms with Crippen LogP contribution in [-0.4, -0.2) is 17.7 Å². The molecular formula is C31H22BrCl3N2O3S. The summed E-state index contributed by atoms with van der Waals surface area (Å²) in [5.41, 5.74) is 2.94. The van der Waals surface area contributed by atoms with Crippen molar-refractivity contribution in [2.75, 3.05) is 11.5 Å². The van der Waals surface area contributed by atoms with Gasteiger partial charge in [-0.25, -0.2) is 4.99 Å². The van der Waals surface area contributed by atoms with Crippen molar-refractivity contribution in [1.82, 2.24) is 0 Å². The number of ether oxygens (including phenoxy) is 2. The van der Waals surface area contributed by atoms with Crippen molar-refractivity contribution in [3.05, 3.63) is 121 Å². The maximum absolute atomic E-state index is 13.7. The Morgan fingerprint density at radius 2 is 1.61 bits per heavy atom. The van der Waals surface area contributed by atoms with Crippen LogP contribution < -0.4 is 14.4 Å². The molecule has 0 aromatic heterocycles. The smallest absolute Gasteiger partial charge is 0.271 e. The maximum Gasteiger partial charge on any atom is 0.271 e. The fourth-order valence-electron chi connectivity index (χ4n) is 3.98. The average molecular weight is 689 g/mol. The molecule has 0 atom stereocenters. The van der Waals surface area contributed by atoms with Crippen molar-refractivity contribution >= 4 is 91.0 Å². The van der Waals surface area contributed by atoms with Crippen LogP contribution in [0.2, 0.25) is 15.1 Å². The van der Waals surface area contributed by atoms with Gasteiger partial charge in [-0.2, -0.15) is 0 Å². The van der Waals surface area contributed by atoms with Crippen molar-refractivity contribution in [3.8, 4) is 11.5 Å². The van der Waals surface area contributed by atoms with Gasteiger partial charge in [0.25, 0.3) is 5.91 Å². The number of carbonyl (C=O) groups excluding carboxylic acids is 1. The number of rotatable bonds is 8. The second-order valence-electron chi connectivity index (χ2n) is 8.74. The Labute approximate surface area is 265 Å². The van der Waals surface area contributed by atoms with Gasteiger partial charge in [-0.1, -0.05) is 53.0 Å². The molecule has 1 heterocycles. The highest BCUT2D eigenvalue weighted by Crippen LogP contribution is 2.41. The van der Waals surface area contributed by atoms with Crippen LogP contribution >= 0.6 is 62.5 Å². The van der Waals surface area contributed by atoms with E-state index in [-0.39, 0.29) is 12.5 Å². The van der Waals surface area contributed by atoms with Gasteiger partial charge in [0.05, 0.1) is 27.4 Å². The second-order valence-corrected chi connectivity index (χ2v) is 11.9. The lowest BCUT2D eigenvalue weighted by Gasteiger charge is -2.16. The molecule has 5 nitrogen and oxygen atoms in total. The summed E-state index contributed by atoms with van der Waals surface area (Å²) < 4.78 is 12.7. The molecule has 208 valence electrons. The molecular weight excluding hydrogens is 667 g/mol. The van der Waals surface area contributed by atoms with Crippen LogP contribution in [0.4, 0.5) is 11.4 Å². The van der Waals surface area contributed by atoms with Gasteiger partial charge in [-0.15, -0.1) is 0 Å². The van der Waals surface area contributed by atoms with E-state index in [0.717, 1.165) is 11.1 Å². The Morgan fingerprint density at radius 1 is 0.927 bits per heavy atom. The predicted octanol–water partition coefficient (Wildman–Crippen LogP) is 10.2. The zero-order valence-corrected chi connectivity index (χ0v) is 26.3. The Hall–Kier alpha value is -2.94. The Morgan fingerprint density at radius 3 is 2.29 bits per heavy atom. The Bertz CT molecular complexity index is 1640. The number of benzene rings is 4. The van der Waals surface area contributed by atoms with Crippen LogP contribution in [0.3, 0.4) is 0 Å². The maximum atomic E-state index is 13.7. The Kier molecular flexibility index (Phi) is 9.63. The highest BCUT2D eigenvalue weighted by atomic mass is 79.9. The van der Waals surface area contributed by atoms with Gasteiger partial charge in [-0.05, 0) is 113 Å². The number of amidine groups is 1. The fraction of sp³-hybridized carbons (Fsp3) is 0.0968. The first-order valence-corrected chi connectivity index (χ1v) is 15.2. The lowest BCUT2D eigenvalue weighted by molar-refractivity contribution is -0.113. The molecule has 5 rings (SSSR count). The average Bonchev–Trinajstić information content (AvgIpc) is 3.25. The number of nitrogens with zero attached hydrogens (tertiary/aromatic N) is 2. The molecule has 10 heteroatoms. The summed E-state index contributed by atoms with van der Waals surface area (Å²) in [6.07, 6.45) is 1.81. The highest BCUT2D eigenvalue weighted by molar-refractivity contribution is 9.10. The number of hydrogen-bond acceptors (Lipinski definition) is 5. The molecule has 41 heavy (non-hydrogen) atoms. The third-order valence-electron chi connectivity index (χ3n) is 5.90. The van der Waals surface area contributed by atoms with E-state index < -0.39 is 0 Å². The first-order chi connectivity index (χ1) is 19.8. The number of thioether (sulfide) groups is 1. The third-order valence-corrected chi connectivity index (χ3v) is 8.33. The summed E-state index contributed by atoms with van der Waals surface area (Å²) in [5, 5.41) is 2.31. The van der Waals surface area contributed by atoms with Gasteiger partial charge in [0.1, 0.15) is 6.61 Å². The lowest BCUT2D eigenvalue weighted by atomic mass is 10.1. The molecule has 0 spiro atoms. The fourth-order valence-corrected chi connectivity index (χ4v) is 6.00. The zero-order chi connectivity index (χ0) is 28.9. The number of halogens is 4. The minimum Gasteiger partial charge on any atom is -0.490 e. The minimum absolute atomic E-state index is 0.210. The molecule has 1 fully saturated rings. The number of aliphatic imine (C=N–C) groups is 1. The molecule has 0 unspecified atom stereocenters. The van der Waals surface area contributed by atoms with Crippen molar-refractivity contribution in [3.63, 3.8) is 0 Å². The van der Waals surface area contributed by atoms with E-state index in [0.29, 0.717) is 59.1 Å². The van der Waals surface area contributed by atoms with Crippen LogP contribution in [0.15, 0.2) is 99.3 Å². The summed E-state index contributed by atoms with van der Waals surface area (Å²) >= 11 is 23.4. The summed E-state index contributed by atoms with van der Waals surface area (Å²) in [5.74, 6) is 0.881. The SMILES string of the molecule is CCOc1cc(/C=C2\SC(=Nc3ccc(Cl)cc3)N(c3ccc(Cl)cc3)C2=O)cc(Br)c1OCc1ccccc1Cl. The first-order valence-electron chi connectivity index (χ1n) is 12.5. The van der Waals surface area contributed by atoms with Crippen LogP contribution in [0.1, 0.15) is 18.1 Å². The van der Waals surface area contributed by atoms with Crippen molar-refractivity contribution in [2.45, 2.75) is 13.5 Å². The summed E-state index contributed by atoms with van der Waals surface area (Å²) in [4.78, 5) is 20.5. The van der Waals surface area contributed by atoms with Crippen LogP contribution in [0.25, 0.3) is 6.08 Å². The van der Waals surface area contributed by atoms with Gasteiger partial charge in [0.2, 0.25) is 0 Å². The molecule has 0 aliphatic carbocycles. The third kappa shape index (κ3) is 7.11. The van der Waals surface area contributed by atoms with E-state index in [9.17, 15) is 4.79 Å². The number of hydrogen-bond donors (Lipinski definition) is 0. The minimum atomic E-state index is -0.210. The summed E-state index contributed by atoms with van der Waals surface area (Å²) in [7, 11) is 0. The van der Waals surface area contributed by atoms with Crippen LogP contribution in [0.5, 0.6) is 11.5 Å². The molecule has 0 saturated carbocycles. The normalized spacial score (nSPS) is 15.1. The highest BCUT2D eigenvalue weighted by Gasteiger charge is 2.35. The predicted molar refractivity (Wildman–Crippen MR) is 174 cm³/mol. The number of carbonyl (C=O) groups is 1. The topological polar surface area (TPSA) is 51.1 Å². The largest absolute Gasteiger partial charge is 0.490 e. The van der Waals surface area contributed by atoms with Gasteiger partial charge in [0, 0.05) is 20.6 Å². The summed E-state index contributed by atoms with van der Waals surface area (Å²) in [6, 6.07) is 25.4. The van der Waals surface area contributed by atoms with Gasteiger partial charge in [0.15, 0.2) is 16.7 Å². The molecule has 0 radical (unpaired) electrons. The molecule has 1 amide bonds. The summed E-state index contributed by atoms with van der Waals surface area (Å²) in [6.45, 7) is 2.61. The van der Waals surface area contributed by atoms with Crippen molar-refractivity contribution < 1.29 is 14.3 Å². The van der Waals surface area contributed by atoms with E-state index in [1.165, 1.54) is 11.8 Å². The van der Waals surface area contributed by atoms with Gasteiger partial charge >= 0.3 is 0 Å². The molecule has 1 aliphatic rings. The Balaban J connectivity index is 1.49. The quantitative estimate of drug-likeness (QED) is 0.173. The van der Waals surface area contributed by atoms with Crippen molar-refractivity contribution in [1.29, 1.82) is 0 Å². The monoisotopic (exact) mass is 686 g/mol. The zero-order valence-electron chi connectivity index (χ0n) is 21.6.